The number of aromatic amines is 1. The number of fused-ring (bicyclic) bond motifs is 2. The van der Waals surface area contributed by atoms with Crippen LogP contribution in [0.15, 0.2) is 18.6 Å². The third-order valence-corrected chi connectivity index (χ3v) is 4.90. The molecule has 22 heavy (non-hydrogen) atoms. The zero-order valence-electron chi connectivity index (χ0n) is 12.5. The number of hydrogen-bond donors (Lipinski definition) is 3. The largest absolute Gasteiger partial charge is 0.394 e. The van der Waals surface area contributed by atoms with Crippen molar-refractivity contribution in [2.45, 2.75) is 24.4 Å². The van der Waals surface area contributed by atoms with Crippen LogP contribution < -0.4 is 5.32 Å². The Morgan fingerprint density at radius 3 is 3.36 bits per heavy atom. The molecule has 0 saturated carbocycles. The molecule has 118 valence electrons. The molecule has 2 atom stereocenters. The molecule has 7 heteroatoms. The molecule has 2 fully saturated rings. The van der Waals surface area contributed by atoms with Gasteiger partial charge < -0.3 is 20.1 Å². The van der Waals surface area contributed by atoms with Crippen molar-refractivity contribution >= 4 is 16.9 Å². The first kappa shape index (κ1) is 13.9. The van der Waals surface area contributed by atoms with Gasteiger partial charge in [0.05, 0.1) is 30.7 Å². The van der Waals surface area contributed by atoms with Gasteiger partial charge in [0.2, 0.25) is 0 Å². The van der Waals surface area contributed by atoms with Gasteiger partial charge >= 0.3 is 0 Å². The Bertz CT molecular complexity index is 660. The van der Waals surface area contributed by atoms with Gasteiger partial charge in [-0.25, -0.2) is 9.97 Å². The third kappa shape index (κ3) is 2.16. The standard InChI is InChI=1S/C15H21N5O2/c21-8-15(9-22-6-11-2-1-5-20(11)15)7-17-14-12-3-4-16-13(12)18-10-19-14/h3-4,10-11,21H,1-2,5-9H2,(H2,16,17,18,19)/t11-,15+/m0/s1. The van der Waals surface area contributed by atoms with Crippen LogP contribution in [0.4, 0.5) is 5.82 Å². The SMILES string of the molecule is OC[C@]1(CNc2ncnc3[nH]ccc23)COC[C@@H]2CCCN21. The van der Waals surface area contributed by atoms with Crippen LogP contribution in [0.2, 0.25) is 0 Å². The summed E-state index contributed by atoms with van der Waals surface area (Å²) in [5.74, 6) is 0.792. The van der Waals surface area contributed by atoms with E-state index in [1.165, 1.54) is 6.42 Å². The predicted molar refractivity (Wildman–Crippen MR) is 82.7 cm³/mol. The van der Waals surface area contributed by atoms with Gasteiger partial charge in [0.15, 0.2) is 0 Å². The van der Waals surface area contributed by atoms with Gasteiger partial charge in [0.1, 0.15) is 17.8 Å². The first-order valence-corrected chi connectivity index (χ1v) is 7.80. The van der Waals surface area contributed by atoms with Gasteiger partial charge in [0, 0.05) is 18.8 Å². The molecule has 0 aromatic carbocycles. The Morgan fingerprint density at radius 2 is 2.45 bits per heavy atom. The maximum absolute atomic E-state index is 10.0. The van der Waals surface area contributed by atoms with Gasteiger partial charge in [-0.05, 0) is 25.5 Å². The molecule has 4 rings (SSSR count). The summed E-state index contributed by atoms with van der Waals surface area (Å²) in [6, 6.07) is 2.39. The molecule has 0 spiro atoms. The van der Waals surface area contributed by atoms with Crippen LogP contribution in [0.5, 0.6) is 0 Å². The fourth-order valence-corrected chi connectivity index (χ4v) is 3.71. The normalized spacial score (nSPS) is 28.9. The first-order valence-electron chi connectivity index (χ1n) is 7.80. The Hall–Kier alpha value is -1.70. The zero-order chi connectivity index (χ0) is 15.0. The van der Waals surface area contributed by atoms with Crippen molar-refractivity contribution in [1.29, 1.82) is 0 Å². The van der Waals surface area contributed by atoms with Crippen LogP contribution in [0.25, 0.3) is 11.0 Å². The highest BCUT2D eigenvalue weighted by atomic mass is 16.5. The molecular formula is C15H21N5O2. The molecule has 2 aromatic rings. The summed E-state index contributed by atoms with van der Waals surface area (Å²) in [4.78, 5) is 14.0. The molecule has 7 nitrogen and oxygen atoms in total. The third-order valence-electron chi connectivity index (χ3n) is 4.90. The Labute approximate surface area is 128 Å². The number of nitrogens with zero attached hydrogens (tertiary/aromatic N) is 3. The highest BCUT2D eigenvalue weighted by molar-refractivity contribution is 5.86. The lowest BCUT2D eigenvalue weighted by Crippen LogP contribution is -2.64. The lowest BCUT2D eigenvalue weighted by molar-refractivity contribution is -0.101. The van der Waals surface area contributed by atoms with Crippen molar-refractivity contribution in [2.24, 2.45) is 0 Å². The van der Waals surface area contributed by atoms with E-state index in [4.69, 9.17) is 4.74 Å². The van der Waals surface area contributed by atoms with Gasteiger partial charge in [-0.3, -0.25) is 4.90 Å². The van der Waals surface area contributed by atoms with E-state index in [9.17, 15) is 5.11 Å². The molecule has 2 aliphatic rings. The first-order chi connectivity index (χ1) is 10.8. The molecule has 0 bridgehead atoms. The summed E-state index contributed by atoms with van der Waals surface area (Å²) >= 11 is 0. The minimum Gasteiger partial charge on any atom is -0.394 e. The van der Waals surface area contributed by atoms with Crippen LogP contribution in [0.3, 0.4) is 0 Å². The summed E-state index contributed by atoms with van der Waals surface area (Å²) < 4.78 is 5.77. The molecule has 0 amide bonds. The van der Waals surface area contributed by atoms with Crippen molar-refractivity contribution in [2.75, 3.05) is 38.2 Å². The highest BCUT2D eigenvalue weighted by Gasteiger charge is 2.45. The number of H-pyrrole nitrogens is 1. The second-order valence-corrected chi connectivity index (χ2v) is 6.20. The van der Waals surface area contributed by atoms with Crippen molar-refractivity contribution in [1.82, 2.24) is 19.9 Å². The quantitative estimate of drug-likeness (QED) is 0.767. The van der Waals surface area contributed by atoms with Crippen molar-refractivity contribution in [3.63, 3.8) is 0 Å². The molecule has 2 saturated heterocycles. The Morgan fingerprint density at radius 1 is 1.50 bits per heavy atom. The van der Waals surface area contributed by atoms with Crippen LogP contribution >= 0.6 is 0 Å². The molecule has 2 aromatic heterocycles. The molecule has 0 unspecified atom stereocenters. The number of rotatable bonds is 4. The lowest BCUT2D eigenvalue weighted by atomic mass is 9.96. The smallest absolute Gasteiger partial charge is 0.142 e. The van der Waals surface area contributed by atoms with Gasteiger partial charge in [-0.1, -0.05) is 0 Å². The number of nitrogens with one attached hydrogen (secondary N) is 2. The maximum Gasteiger partial charge on any atom is 0.142 e. The zero-order valence-corrected chi connectivity index (χ0v) is 12.5. The second kappa shape index (κ2) is 5.49. The molecule has 4 heterocycles. The summed E-state index contributed by atoms with van der Waals surface area (Å²) in [5, 5.41) is 14.4. The monoisotopic (exact) mass is 303 g/mol. The van der Waals surface area contributed by atoms with E-state index in [1.807, 2.05) is 12.3 Å². The van der Waals surface area contributed by atoms with E-state index in [0.717, 1.165) is 36.4 Å². The molecule has 0 radical (unpaired) electrons. The average molecular weight is 303 g/mol. The number of aromatic nitrogens is 3. The molecular weight excluding hydrogens is 282 g/mol. The minimum atomic E-state index is -0.368. The lowest BCUT2D eigenvalue weighted by Gasteiger charge is -2.47. The molecule has 2 aliphatic heterocycles. The Balaban J connectivity index is 1.57. The van der Waals surface area contributed by atoms with Gasteiger partial charge in [0.25, 0.3) is 0 Å². The average Bonchev–Trinajstić information content (AvgIpc) is 3.21. The van der Waals surface area contributed by atoms with E-state index >= 15 is 0 Å². The van der Waals surface area contributed by atoms with Crippen LogP contribution in [0, 0.1) is 0 Å². The van der Waals surface area contributed by atoms with Crippen LogP contribution in [-0.4, -0.2) is 69.4 Å². The van der Waals surface area contributed by atoms with E-state index in [0.29, 0.717) is 19.2 Å². The highest BCUT2D eigenvalue weighted by Crippen LogP contribution is 2.32. The number of hydrogen-bond acceptors (Lipinski definition) is 6. The Kier molecular flexibility index (Phi) is 3.48. The molecule has 3 N–H and O–H groups in total. The van der Waals surface area contributed by atoms with Crippen molar-refractivity contribution in [3.05, 3.63) is 18.6 Å². The minimum absolute atomic E-state index is 0.0812. The van der Waals surface area contributed by atoms with E-state index < -0.39 is 0 Å². The number of morpholine rings is 1. The topological polar surface area (TPSA) is 86.3 Å². The van der Waals surface area contributed by atoms with Gasteiger partial charge in [-0.15, -0.1) is 0 Å². The number of aliphatic hydroxyl groups is 1. The van der Waals surface area contributed by atoms with Crippen molar-refractivity contribution < 1.29 is 9.84 Å². The summed E-state index contributed by atoms with van der Waals surface area (Å²) in [6.45, 7) is 3.04. The van der Waals surface area contributed by atoms with E-state index in [2.05, 4.69) is 25.2 Å². The summed E-state index contributed by atoms with van der Waals surface area (Å²) in [5.41, 5.74) is 0.446. The second-order valence-electron chi connectivity index (χ2n) is 6.20. The van der Waals surface area contributed by atoms with Crippen molar-refractivity contribution in [3.8, 4) is 0 Å². The van der Waals surface area contributed by atoms with Gasteiger partial charge in [-0.2, -0.15) is 0 Å². The fourth-order valence-electron chi connectivity index (χ4n) is 3.71. The number of ether oxygens (including phenoxy) is 1. The fraction of sp³-hybridized carbons (Fsp3) is 0.600. The maximum atomic E-state index is 10.0. The predicted octanol–water partition coefficient (Wildman–Crippen LogP) is 0.595. The van der Waals surface area contributed by atoms with E-state index in [-0.39, 0.29) is 12.1 Å². The molecule has 0 aliphatic carbocycles. The number of aliphatic hydroxyl groups excluding tert-OH is 1. The summed E-state index contributed by atoms with van der Waals surface area (Å²) in [6.07, 6.45) is 5.72. The van der Waals surface area contributed by atoms with Crippen LogP contribution in [0.1, 0.15) is 12.8 Å². The van der Waals surface area contributed by atoms with E-state index in [1.54, 1.807) is 6.33 Å². The summed E-state index contributed by atoms with van der Waals surface area (Å²) in [7, 11) is 0. The number of anilines is 1. The van der Waals surface area contributed by atoms with Crippen LogP contribution in [-0.2, 0) is 4.74 Å².